The smallest absolute Gasteiger partial charge is 0.124 e. The maximum Gasteiger partial charge on any atom is 0.124 e. The summed E-state index contributed by atoms with van der Waals surface area (Å²) in [6.45, 7) is 2.03. The van der Waals surface area contributed by atoms with Gasteiger partial charge in [0.1, 0.15) is 5.75 Å². The van der Waals surface area contributed by atoms with Crippen molar-refractivity contribution in [3.8, 4) is 5.75 Å². The van der Waals surface area contributed by atoms with Crippen LogP contribution in [0.3, 0.4) is 0 Å². The van der Waals surface area contributed by atoms with Gasteiger partial charge in [0.15, 0.2) is 0 Å². The van der Waals surface area contributed by atoms with E-state index in [2.05, 4.69) is 31.9 Å². The third-order valence-corrected chi connectivity index (χ3v) is 6.03. The Hall–Kier alpha value is -0.0300. The second-order valence-electron chi connectivity index (χ2n) is 3.84. The van der Waals surface area contributed by atoms with Gasteiger partial charge in [-0.2, -0.15) is 0 Å². The minimum atomic E-state index is -0.216. The molecule has 5 heteroatoms. The van der Waals surface area contributed by atoms with Gasteiger partial charge in [-0.1, -0.05) is 15.9 Å². The van der Waals surface area contributed by atoms with Crippen molar-refractivity contribution >= 4 is 54.8 Å². The molecule has 2 aromatic rings. The van der Waals surface area contributed by atoms with Crippen molar-refractivity contribution in [2.45, 2.75) is 12.3 Å². The van der Waals surface area contributed by atoms with Crippen LogP contribution in [0.2, 0.25) is 0 Å². The Morgan fingerprint density at radius 2 is 2.00 bits per heavy atom. The quantitative estimate of drug-likeness (QED) is 0.571. The molecule has 0 saturated carbocycles. The van der Waals surface area contributed by atoms with Gasteiger partial charge in [0, 0.05) is 19.4 Å². The van der Waals surface area contributed by atoms with Gasteiger partial charge in [-0.25, -0.2) is 0 Å². The first-order valence-corrected chi connectivity index (χ1v) is 8.15. The lowest BCUT2D eigenvalue weighted by Crippen LogP contribution is -1.97. The zero-order chi connectivity index (χ0) is 13.3. The summed E-state index contributed by atoms with van der Waals surface area (Å²) in [5, 5.41) is 1.80. The molecule has 0 aliphatic carbocycles. The number of methoxy groups -OCH3 is 1. The van der Waals surface area contributed by atoms with Gasteiger partial charge in [0.2, 0.25) is 0 Å². The summed E-state index contributed by atoms with van der Waals surface area (Å²) in [5.74, 6) is 0.816. The number of aryl methyl sites for hydroxylation is 1. The van der Waals surface area contributed by atoms with E-state index < -0.39 is 0 Å². The van der Waals surface area contributed by atoms with Crippen LogP contribution in [0.25, 0.3) is 0 Å². The number of ether oxygens (including phenoxy) is 1. The molecule has 0 aliphatic heterocycles. The normalized spacial score (nSPS) is 12.5. The Morgan fingerprint density at radius 1 is 1.28 bits per heavy atom. The number of alkyl halides is 1. The van der Waals surface area contributed by atoms with E-state index in [1.807, 2.05) is 30.5 Å². The first-order valence-electron chi connectivity index (χ1n) is 5.25. The molecule has 0 amide bonds. The molecule has 0 saturated heterocycles. The summed E-state index contributed by atoms with van der Waals surface area (Å²) in [6.07, 6.45) is 0. The van der Waals surface area contributed by atoms with Crippen LogP contribution in [0.5, 0.6) is 5.75 Å². The minimum absolute atomic E-state index is 0.216. The minimum Gasteiger partial charge on any atom is -0.496 e. The number of hydrogen-bond donors (Lipinski definition) is 0. The number of thiophene rings is 1. The fourth-order valence-corrected chi connectivity index (χ4v) is 4.20. The van der Waals surface area contributed by atoms with E-state index >= 15 is 0 Å². The first-order chi connectivity index (χ1) is 8.54. The molecule has 0 bridgehead atoms. The van der Waals surface area contributed by atoms with E-state index in [9.17, 15) is 0 Å². The average molecular weight is 411 g/mol. The van der Waals surface area contributed by atoms with Gasteiger partial charge < -0.3 is 4.74 Å². The van der Waals surface area contributed by atoms with Crippen LogP contribution < -0.4 is 4.74 Å². The highest BCUT2D eigenvalue weighted by Gasteiger charge is 2.20. The zero-order valence-electron chi connectivity index (χ0n) is 9.84. The molecular weight excluding hydrogens is 399 g/mol. The predicted molar refractivity (Wildman–Crippen MR) is 85.1 cm³/mol. The number of hydrogen-bond acceptors (Lipinski definition) is 2. The van der Waals surface area contributed by atoms with Gasteiger partial charge >= 0.3 is 0 Å². The molecule has 1 heterocycles. The summed E-state index contributed by atoms with van der Waals surface area (Å²) >= 11 is 15.3. The molecule has 0 fully saturated rings. The van der Waals surface area contributed by atoms with Gasteiger partial charge in [-0.15, -0.1) is 22.9 Å². The summed E-state index contributed by atoms with van der Waals surface area (Å²) in [6, 6.07) is 6.03. The molecule has 1 aromatic heterocycles. The fraction of sp³-hybridized carbons (Fsp3) is 0.231. The zero-order valence-corrected chi connectivity index (χ0v) is 14.6. The van der Waals surface area contributed by atoms with Crippen molar-refractivity contribution in [1.29, 1.82) is 0 Å². The molecule has 2 rings (SSSR count). The second kappa shape index (κ2) is 5.95. The number of benzene rings is 1. The van der Waals surface area contributed by atoms with E-state index in [-0.39, 0.29) is 5.38 Å². The van der Waals surface area contributed by atoms with Crippen LogP contribution in [-0.4, -0.2) is 7.11 Å². The van der Waals surface area contributed by atoms with E-state index in [0.29, 0.717) is 0 Å². The lowest BCUT2D eigenvalue weighted by molar-refractivity contribution is 0.410. The van der Waals surface area contributed by atoms with Crippen LogP contribution in [0.15, 0.2) is 32.5 Å². The van der Waals surface area contributed by atoms with Gasteiger partial charge in [0.25, 0.3) is 0 Å². The van der Waals surface area contributed by atoms with Crippen LogP contribution in [-0.2, 0) is 0 Å². The lowest BCUT2D eigenvalue weighted by atomic mass is 10.1. The molecule has 1 atom stereocenters. The van der Waals surface area contributed by atoms with Crippen molar-refractivity contribution < 1.29 is 4.74 Å². The molecule has 0 spiro atoms. The predicted octanol–water partition coefficient (Wildman–Crippen LogP) is 5.92. The van der Waals surface area contributed by atoms with Crippen molar-refractivity contribution in [3.63, 3.8) is 0 Å². The second-order valence-corrected chi connectivity index (χ2v) is 6.93. The highest BCUT2D eigenvalue weighted by Crippen LogP contribution is 2.42. The van der Waals surface area contributed by atoms with Crippen molar-refractivity contribution in [3.05, 3.63) is 48.5 Å². The summed E-state index contributed by atoms with van der Waals surface area (Å²) in [7, 11) is 1.67. The van der Waals surface area contributed by atoms with Crippen molar-refractivity contribution in [1.82, 2.24) is 0 Å². The molecule has 0 radical (unpaired) electrons. The topological polar surface area (TPSA) is 9.23 Å². The maximum absolute atomic E-state index is 6.57. The molecular formula is C13H11Br2ClOS. The Bertz CT molecular complexity index is 568. The van der Waals surface area contributed by atoms with Crippen molar-refractivity contribution in [2.75, 3.05) is 7.11 Å². The van der Waals surface area contributed by atoms with E-state index in [0.717, 1.165) is 30.7 Å². The lowest BCUT2D eigenvalue weighted by Gasteiger charge is -2.15. The molecule has 1 aromatic carbocycles. The van der Waals surface area contributed by atoms with Crippen LogP contribution in [0, 0.1) is 6.92 Å². The fourth-order valence-electron chi connectivity index (χ4n) is 1.67. The van der Waals surface area contributed by atoms with E-state index in [1.165, 1.54) is 0 Å². The maximum atomic E-state index is 6.57. The molecule has 1 nitrogen and oxygen atoms in total. The standard InChI is InChI=1S/C13H11Br2ClOS/c1-7-5-11(17-2)8(6-10(7)15)12(16)13-9(14)3-4-18-13/h3-6,12H,1-2H3. The summed E-state index contributed by atoms with van der Waals surface area (Å²) < 4.78 is 7.50. The van der Waals surface area contributed by atoms with Crippen LogP contribution in [0.1, 0.15) is 21.4 Å². The average Bonchev–Trinajstić information content (AvgIpc) is 2.77. The highest BCUT2D eigenvalue weighted by molar-refractivity contribution is 9.10. The molecule has 96 valence electrons. The Labute approximate surface area is 132 Å². The van der Waals surface area contributed by atoms with E-state index in [1.54, 1.807) is 18.4 Å². The highest BCUT2D eigenvalue weighted by atomic mass is 79.9. The van der Waals surface area contributed by atoms with Crippen LogP contribution >= 0.6 is 54.8 Å². The summed E-state index contributed by atoms with van der Waals surface area (Å²) in [5.41, 5.74) is 2.10. The van der Waals surface area contributed by atoms with Gasteiger partial charge in [-0.05, 0) is 52.0 Å². The largest absolute Gasteiger partial charge is 0.496 e. The summed E-state index contributed by atoms with van der Waals surface area (Å²) in [4.78, 5) is 1.09. The monoisotopic (exact) mass is 408 g/mol. The molecule has 0 N–H and O–H groups in total. The van der Waals surface area contributed by atoms with Gasteiger partial charge in [-0.3, -0.25) is 0 Å². The first kappa shape index (κ1) is 14.4. The van der Waals surface area contributed by atoms with Gasteiger partial charge in [0.05, 0.1) is 12.5 Å². The Balaban J connectivity index is 2.50. The third-order valence-electron chi connectivity index (χ3n) is 2.66. The molecule has 0 aliphatic rings. The third kappa shape index (κ3) is 2.77. The SMILES string of the molecule is COc1cc(C)c(Br)cc1C(Cl)c1sccc1Br. The number of halogens is 3. The Kier molecular flexibility index (Phi) is 4.75. The van der Waals surface area contributed by atoms with Crippen LogP contribution in [0.4, 0.5) is 0 Å². The van der Waals surface area contributed by atoms with Crippen molar-refractivity contribution in [2.24, 2.45) is 0 Å². The molecule has 1 unspecified atom stereocenters. The molecule has 18 heavy (non-hydrogen) atoms. The number of rotatable bonds is 3. The van der Waals surface area contributed by atoms with E-state index in [4.69, 9.17) is 16.3 Å². The Morgan fingerprint density at radius 3 is 2.56 bits per heavy atom.